The zero-order valence-electron chi connectivity index (χ0n) is 15.5. The van der Waals surface area contributed by atoms with Gasteiger partial charge in [-0.15, -0.1) is 0 Å². The first-order chi connectivity index (χ1) is 13.8. The highest BCUT2D eigenvalue weighted by Crippen LogP contribution is 2.24. The summed E-state index contributed by atoms with van der Waals surface area (Å²) in [7, 11) is 1.65. The van der Waals surface area contributed by atoms with Gasteiger partial charge < -0.3 is 14.8 Å². The summed E-state index contributed by atoms with van der Waals surface area (Å²) in [6.07, 6.45) is 5.41. The molecule has 4 rings (SSSR count). The van der Waals surface area contributed by atoms with Gasteiger partial charge in [0.2, 0.25) is 5.95 Å². The lowest BCUT2D eigenvalue weighted by Crippen LogP contribution is -2.04. The minimum atomic E-state index is 0.526. The van der Waals surface area contributed by atoms with E-state index in [9.17, 15) is 0 Å². The Morgan fingerprint density at radius 1 is 0.893 bits per heavy atom. The molecule has 140 valence electrons. The highest BCUT2D eigenvalue weighted by Gasteiger charge is 2.04. The van der Waals surface area contributed by atoms with Crippen molar-refractivity contribution >= 4 is 22.5 Å². The minimum absolute atomic E-state index is 0.526. The van der Waals surface area contributed by atoms with E-state index in [1.54, 1.807) is 19.5 Å². The first-order valence-corrected chi connectivity index (χ1v) is 8.98. The summed E-state index contributed by atoms with van der Waals surface area (Å²) in [5.41, 5.74) is 4.01. The molecule has 0 fully saturated rings. The van der Waals surface area contributed by atoms with Crippen molar-refractivity contribution in [3.63, 3.8) is 0 Å². The molecular weight excluding hydrogens is 352 g/mol. The number of rotatable bonds is 7. The van der Waals surface area contributed by atoms with E-state index < -0.39 is 0 Å². The zero-order chi connectivity index (χ0) is 19.2. The van der Waals surface area contributed by atoms with Crippen LogP contribution >= 0.6 is 0 Å². The van der Waals surface area contributed by atoms with Crippen LogP contribution in [0, 0.1) is 0 Å². The Bertz CT molecular complexity index is 1050. The van der Waals surface area contributed by atoms with Crippen LogP contribution in [0.5, 0.6) is 5.75 Å². The van der Waals surface area contributed by atoms with Crippen LogP contribution < -0.4 is 10.1 Å². The van der Waals surface area contributed by atoms with E-state index in [-0.39, 0.29) is 0 Å². The molecule has 0 saturated heterocycles. The fourth-order valence-electron chi connectivity index (χ4n) is 2.82. The zero-order valence-corrected chi connectivity index (χ0v) is 15.5. The molecule has 1 N–H and O–H groups in total. The van der Waals surface area contributed by atoms with Gasteiger partial charge in [-0.25, -0.2) is 9.97 Å². The Hall–Kier alpha value is -3.51. The molecule has 0 aliphatic carbocycles. The Morgan fingerprint density at radius 3 is 2.50 bits per heavy atom. The number of ether oxygens (including phenoxy) is 2. The summed E-state index contributed by atoms with van der Waals surface area (Å²) >= 11 is 0. The van der Waals surface area contributed by atoms with Gasteiger partial charge in [-0.2, -0.15) is 0 Å². The average molecular weight is 372 g/mol. The molecule has 0 radical (unpaired) electrons. The third kappa shape index (κ3) is 4.24. The lowest BCUT2D eigenvalue weighted by molar-refractivity contribution is 0.146. The van der Waals surface area contributed by atoms with E-state index in [1.807, 2.05) is 48.7 Å². The number of anilines is 2. The topological polar surface area (TPSA) is 69.2 Å². The van der Waals surface area contributed by atoms with E-state index in [2.05, 4.69) is 32.4 Å². The number of nitrogens with zero attached hydrogens (tertiary/aromatic N) is 3. The van der Waals surface area contributed by atoms with Crippen LogP contribution in [-0.4, -0.2) is 35.3 Å². The molecule has 0 atom stereocenters. The molecule has 28 heavy (non-hydrogen) atoms. The Labute approximate surface area is 163 Å². The maximum Gasteiger partial charge on any atom is 0.227 e. The summed E-state index contributed by atoms with van der Waals surface area (Å²) < 4.78 is 10.5. The molecule has 0 spiro atoms. The van der Waals surface area contributed by atoms with Gasteiger partial charge in [-0.1, -0.05) is 6.07 Å². The van der Waals surface area contributed by atoms with Gasteiger partial charge in [0.25, 0.3) is 0 Å². The molecule has 6 nitrogen and oxygen atoms in total. The predicted octanol–water partition coefficient (Wildman–Crippen LogP) is 4.46. The second-order valence-electron chi connectivity index (χ2n) is 6.19. The molecule has 2 heterocycles. The molecule has 4 aromatic rings. The molecule has 2 aromatic carbocycles. The second-order valence-corrected chi connectivity index (χ2v) is 6.19. The van der Waals surface area contributed by atoms with Gasteiger partial charge >= 0.3 is 0 Å². The second kappa shape index (κ2) is 8.45. The number of pyridine rings is 1. The summed E-state index contributed by atoms with van der Waals surface area (Å²) in [6, 6.07) is 17.8. The quantitative estimate of drug-likeness (QED) is 0.483. The highest BCUT2D eigenvalue weighted by atomic mass is 16.5. The van der Waals surface area contributed by atoms with Crippen LogP contribution in [0.25, 0.3) is 22.0 Å². The van der Waals surface area contributed by atoms with Crippen LogP contribution in [0.4, 0.5) is 11.6 Å². The summed E-state index contributed by atoms with van der Waals surface area (Å²) in [5, 5.41) is 4.21. The van der Waals surface area contributed by atoms with Crippen molar-refractivity contribution in [3.8, 4) is 16.9 Å². The van der Waals surface area contributed by atoms with Crippen molar-refractivity contribution in [2.75, 3.05) is 25.6 Å². The van der Waals surface area contributed by atoms with Gasteiger partial charge in [0.05, 0.1) is 12.1 Å². The number of benzene rings is 2. The lowest BCUT2D eigenvalue weighted by atomic mass is 10.1. The van der Waals surface area contributed by atoms with Crippen LogP contribution in [0.2, 0.25) is 0 Å². The van der Waals surface area contributed by atoms with Crippen molar-refractivity contribution in [1.82, 2.24) is 15.0 Å². The van der Waals surface area contributed by atoms with E-state index in [0.29, 0.717) is 19.2 Å². The Balaban J connectivity index is 1.49. The first kappa shape index (κ1) is 17.9. The summed E-state index contributed by atoms with van der Waals surface area (Å²) in [6.45, 7) is 1.09. The standard InChI is InChI=1S/C22H20N4O2/c1-27-12-13-28-20-5-3-19(4-6-20)25-22-24-15-18-14-17(2-7-21(18)26-22)16-8-10-23-11-9-16/h2-11,14-15H,12-13H2,1H3,(H,24,25,26). The van der Waals surface area contributed by atoms with Crippen molar-refractivity contribution < 1.29 is 9.47 Å². The average Bonchev–Trinajstić information content (AvgIpc) is 2.75. The fraction of sp³-hybridized carbons (Fsp3) is 0.136. The molecule has 2 aromatic heterocycles. The summed E-state index contributed by atoms with van der Waals surface area (Å²) in [4.78, 5) is 13.1. The normalized spacial score (nSPS) is 10.8. The van der Waals surface area contributed by atoms with Crippen molar-refractivity contribution in [2.24, 2.45) is 0 Å². The van der Waals surface area contributed by atoms with Gasteiger partial charge in [0.15, 0.2) is 0 Å². The van der Waals surface area contributed by atoms with Gasteiger partial charge in [0.1, 0.15) is 12.4 Å². The molecule has 6 heteroatoms. The van der Waals surface area contributed by atoms with Gasteiger partial charge in [0, 0.05) is 36.8 Å². The first-order valence-electron chi connectivity index (χ1n) is 8.98. The third-order valence-corrected chi connectivity index (χ3v) is 4.26. The molecule has 0 aliphatic rings. The minimum Gasteiger partial charge on any atom is -0.491 e. The number of methoxy groups -OCH3 is 1. The molecule has 0 amide bonds. The SMILES string of the molecule is COCCOc1ccc(Nc2ncc3cc(-c4ccncc4)ccc3n2)cc1. The Kier molecular flexibility index (Phi) is 5.40. The van der Waals surface area contributed by atoms with Crippen molar-refractivity contribution in [3.05, 3.63) is 73.2 Å². The molecule has 0 aliphatic heterocycles. The number of fused-ring (bicyclic) bond motifs is 1. The maximum absolute atomic E-state index is 5.57. The van der Waals surface area contributed by atoms with Crippen molar-refractivity contribution in [2.45, 2.75) is 0 Å². The van der Waals surface area contributed by atoms with Crippen LogP contribution in [0.3, 0.4) is 0 Å². The number of hydrogen-bond acceptors (Lipinski definition) is 6. The van der Waals surface area contributed by atoms with Crippen LogP contribution in [-0.2, 0) is 4.74 Å². The third-order valence-electron chi connectivity index (χ3n) is 4.26. The molecule has 0 bridgehead atoms. The monoisotopic (exact) mass is 372 g/mol. The van der Waals surface area contributed by atoms with Gasteiger partial charge in [-0.05, 0) is 59.7 Å². The Morgan fingerprint density at radius 2 is 1.71 bits per heavy atom. The molecular formula is C22H20N4O2. The molecule has 0 saturated carbocycles. The van der Waals surface area contributed by atoms with E-state index in [0.717, 1.165) is 33.5 Å². The van der Waals surface area contributed by atoms with Crippen LogP contribution in [0.15, 0.2) is 73.2 Å². The molecule has 0 unspecified atom stereocenters. The van der Waals surface area contributed by atoms with E-state index in [4.69, 9.17) is 9.47 Å². The van der Waals surface area contributed by atoms with Gasteiger partial charge in [-0.3, -0.25) is 4.98 Å². The highest BCUT2D eigenvalue weighted by molar-refractivity contribution is 5.84. The fourth-order valence-corrected chi connectivity index (χ4v) is 2.82. The number of nitrogens with one attached hydrogen (secondary N) is 1. The lowest BCUT2D eigenvalue weighted by Gasteiger charge is -2.09. The van der Waals surface area contributed by atoms with E-state index >= 15 is 0 Å². The largest absolute Gasteiger partial charge is 0.491 e. The van der Waals surface area contributed by atoms with E-state index in [1.165, 1.54) is 0 Å². The van der Waals surface area contributed by atoms with Crippen molar-refractivity contribution in [1.29, 1.82) is 0 Å². The smallest absolute Gasteiger partial charge is 0.227 e. The number of hydrogen-bond donors (Lipinski definition) is 1. The predicted molar refractivity (Wildman–Crippen MR) is 110 cm³/mol. The van der Waals surface area contributed by atoms with Crippen LogP contribution in [0.1, 0.15) is 0 Å². The maximum atomic E-state index is 5.57. The number of aromatic nitrogens is 3. The summed E-state index contributed by atoms with van der Waals surface area (Å²) in [5.74, 6) is 1.35.